The van der Waals surface area contributed by atoms with Crippen LogP contribution in [0.15, 0.2) is 42.6 Å². The van der Waals surface area contributed by atoms with Gasteiger partial charge in [0.1, 0.15) is 5.01 Å². The van der Waals surface area contributed by atoms with E-state index in [1.165, 1.54) is 22.3 Å². The number of rotatable bonds is 6. The van der Waals surface area contributed by atoms with E-state index < -0.39 is 0 Å². The average Bonchev–Trinajstić information content (AvgIpc) is 3.04. The van der Waals surface area contributed by atoms with Gasteiger partial charge < -0.3 is 10.2 Å². The van der Waals surface area contributed by atoms with Gasteiger partial charge in [-0.25, -0.2) is 4.98 Å². The largest absolute Gasteiger partial charge is 0.346 e. The van der Waals surface area contributed by atoms with Crippen molar-refractivity contribution in [2.75, 3.05) is 13.6 Å². The molecule has 1 N–H and O–H groups in total. The van der Waals surface area contributed by atoms with Crippen LogP contribution in [0.1, 0.15) is 18.0 Å². The smallest absolute Gasteiger partial charge is 0.246 e. The van der Waals surface area contributed by atoms with Crippen LogP contribution >= 0.6 is 11.3 Å². The number of nitrogens with zero attached hydrogens (tertiary/aromatic N) is 3. The summed E-state index contributed by atoms with van der Waals surface area (Å²) in [7, 11) is 1.55. The maximum atomic E-state index is 12.0. The van der Waals surface area contributed by atoms with Crippen LogP contribution in [0.3, 0.4) is 0 Å². The Hall–Kier alpha value is -2.54. The third-order valence-corrected chi connectivity index (χ3v) is 4.19. The average molecular weight is 330 g/mol. The number of pyridine rings is 1. The number of carbonyl (C=O) groups excluding carboxylic acids is 2. The first kappa shape index (κ1) is 16.8. The van der Waals surface area contributed by atoms with Gasteiger partial charge in [-0.15, -0.1) is 11.3 Å². The second kappa shape index (κ2) is 7.64. The Morgan fingerprint density at radius 3 is 2.96 bits per heavy atom. The minimum atomic E-state index is -0.291. The lowest BCUT2D eigenvalue weighted by atomic mass is 10.2. The third-order valence-electron chi connectivity index (χ3n) is 3.16. The summed E-state index contributed by atoms with van der Waals surface area (Å²) in [5.74, 6) is -0.533. The molecule has 7 heteroatoms. The van der Waals surface area contributed by atoms with Crippen molar-refractivity contribution >= 4 is 23.2 Å². The van der Waals surface area contributed by atoms with Crippen LogP contribution in [0.4, 0.5) is 0 Å². The van der Waals surface area contributed by atoms with E-state index >= 15 is 0 Å². The molecule has 0 aliphatic carbocycles. The summed E-state index contributed by atoms with van der Waals surface area (Å²) in [6.07, 6.45) is 4.64. The Kier molecular flexibility index (Phi) is 5.59. The first-order valence-corrected chi connectivity index (χ1v) is 7.92. The summed E-state index contributed by atoms with van der Waals surface area (Å²) in [6, 6.07) is 3.56. The molecule has 2 aromatic heterocycles. The number of amides is 2. The molecular formula is C16H18N4O2S. The fourth-order valence-electron chi connectivity index (χ4n) is 1.93. The number of likely N-dealkylation sites (N-methyl/N-ethyl adjacent to an activating group) is 1. The van der Waals surface area contributed by atoms with Crippen molar-refractivity contribution in [2.45, 2.75) is 13.0 Å². The van der Waals surface area contributed by atoms with Crippen molar-refractivity contribution in [3.63, 3.8) is 0 Å². The van der Waals surface area contributed by atoms with Crippen molar-refractivity contribution in [1.82, 2.24) is 20.2 Å². The van der Waals surface area contributed by atoms with Crippen molar-refractivity contribution < 1.29 is 9.59 Å². The molecule has 1 unspecified atom stereocenters. The zero-order valence-electron chi connectivity index (χ0n) is 13.0. The third kappa shape index (κ3) is 4.46. The molecular weight excluding hydrogens is 312 g/mol. The second-order valence-corrected chi connectivity index (χ2v) is 5.89. The second-order valence-electron chi connectivity index (χ2n) is 5.00. The molecule has 0 fully saturated rings. The highest BCUT2D eigenvalue weighted by molar-refractivity contribution is 7.10. The SMILES string of the molecule is C=CC(=O)N(C)CC(=O)NC(C)c1nc(-c2cccnc2)cs1. The first-order chi connectivity index (χ1) is 11.0. The number of aromatic nitrogens is 2. The van der Waals surface area contributed by atoms with Crippen LogP contribution in [-0.2, 0) is 9.59 Å². The van der Waals surface area contributed by atoms with Crippen LogP contribution in [-0.4, -0.2) is 40.3 Å². The quantitative estimate of drug-likeness (QED) is 0.822. The van der Waals surface area contributed by atoms with Gasteiger partial charge in [-0.05, 0) is 25.1 Å². The highest BCUT2D eigenvalue weighted by atomic mass is 32.1. The summed E-state index contributed by atoms with van der Waals surface area (Å²) in [5.41, 5.74) is 1.77. The number of thiazole rings is 1. The number of hydrogen-bond donors (Lipinski definition) is 1. The number of hydrogen-bond acceptors (Lipinski definition) is 5. The van der Waals surface area contributed by atoms with Crippen LogP contribution in [0.25, 0.3) is 11.3 Å². The van der Waals surface area contributed by atoms with Gasteiger partial charge in [0.25, 0.3) is 0 Å². The van der Waals surface area contributed by atoms with Crippen LogP contribution in [0.5, 0.6) is 0 Å². The molecule has 1 atom stereocenters. The monoisotopic (exact) mass is 330 g/mol. The molecule has 0 bridgehead atoms. The minimum Gasteiger partial charge on any atom is -0.346 e. The molecule has 2 aromatic rings. The van der Waals surface area contributed by atoms with Crippen molar-refractivity contribution in [2.24, 2.45) is 0 Å². The standard InChI is InChI=1S/C16H18N4O2S/c1-4-15(22)20(3)9-14(21)18-11(2)16-19-13(10-23-16)12-6-5-7-17-8-12/h4-8,10-11H,1,9H2,2-3H3,(H,18,21). The Balaban J connectivity index is 1.97. The summed E-state index contributed by atoms with van der Waals surface area (Å²) >= 11 is 1.47. The minimum absolute atomic E-state index is 0.0178. The molecule has 2 rings (SSSR count). The molecule has 120 valence electrons. The van der Waals surface area contributed by atoms with E-state index in [9.17, 15) is 9.59 Å². The van der Waals surface area contributed by atoms with E-state index in [4.69, 9.17) is 0 Å². The zero-order valence-corrected chi connectivity index (χ0v) is 13.8. The molecule has 0 saturated carbocycles. The zero-order chi connectivity index (χ0) is 16.8. The molecule has 0 saturated heterocycles. The van der Waals surface area contributed by atoms with Crippen molar-refractivity contribution in [3.05, 3.63) is 47.6 Å². The lowest BCUT2D eigenvalue weighted by molar-refractivity contribution is -0.131. The van der Waals surface area contributed by atoms with Crippen LogP contribution in [0.2, 0.25) is 0 Å². The maximum Gasteiger partial charge on any atom is 0.246 e. The van der Waals surface area contributed by atoms with Crippen molar-refractivity contribution in [1.29, 1.82) is 0 Å². The first-order valence-electron chi connectivity index (χ1n) is 7.04. The molecule has 0 aliphatic rings. The predicted octanol–water partition coefficient (Wildman–Crippen LogP) is 2.03. The number of nitrogens with one attached hydrogen (secondary N) is 1. The summed E-state index contributed by atoms with van der Waals surface area (Å²) in [6.45, 7) is 5.24. The molecule has 0 aliphatic heterocycles. The van der Waals surface area contributed by atoms with Gasteiger partial charge in [-0.1, -0.05) is 6.58 Å². The molecule has 6 nitrogen and oxygen atoms in total. The topological polar surface area (TPSA) is 75.2 Å². The summed E-state index contributed by atoms with van der Waals surface area (Å²) in [4.78, 5) is 33.2. The Labute approximate surface area is 138 Å². The number of carbonyl (C=O) groups is 2. The van der Waals surface area contributed by atoms with Crippen molar-refractivity contribution in [3.8, 4) is 11.3 Å². The lowest BCUT2D eigenvalue weighted by Gasteiger charge is -2.17. The van der Waals surface area contributed by atoms with Gasteiger partial charge in [0.05, 0.1) is 18.3 Å². The Morgan fingerprint density at radius 1 is 1.52 bits per heavy atom. The summed E-state index contributed by atoms with van der Waals surface area (Å²) < 4.78 is 0. The van der Waals surface area contributed by atoms with Gasteiger partial charge in [0.2, 0.25) is 11.8 Å². The molecule has 23 heavy (non-hydrogen) atoms. The molecule has 0 aromatic carbocycles. The normalized spacial score (nSPS) is 11.6. The maximum absolute atomic E-state index is 12.0. The molecule has 2 amide bonds. The van der Waals surface area contributed by atoms with E-state index in [2.05, 4.69) is 21.9 Å². The highest BCUT2D eigenvalue weighted by Gasteiger charge is 2.16. The van der Waals surface area contributed by atoms with Gasteiger partial charge in [0.15, 0.2) is 0 Å². The molecule has 0 radical (unpaired) electrons. The molecule has 2 heterocycles. The van der Waals surface area contributed by atoms with E-state index in [1.807, 2.05) is 24.4 Å². The predicted molar refractivity (Wildman–Crippen MR) is 89.7 cm³/mol. The molecule has 0 spiro atoms. The Morgan fingerprint density at radius 2 is 2.30 bits per heavy atom. The lowest BCUT2D eigenvalue weighted by Crippen LogP contribution is -2.38. The van der Waals surface area contributed by atoms with E-state index in [1.54, 1.807) is 19.4 Å². The van der Waals surface area contributed by atoms with Gasteiger partial charge >= 0.3 is 0 Å². The highest BCUT2D eigenvalue weighted by Crippen LogP contribution is 2.24. The van der Waals surface area contributed by atoms with Crippen LogP contribution in [0, 0.1) is 0 Å². The van der Waals surface area contributed by atoms with E-state index in [0.717, 1.165) is 16.3 Å². The van der Waals surface area contributed by atoms with Gasteiger partial charge in [0, 0.05) is 30.4 Å². The van der Waals surface area contributed by atoms with Crippen LogP contribution < -0.4 is 5.32 Å². The fourth-order valence-corrected chi connectivity index (χ4v) is 2.77. The van der Waals surface area contributed by atoms with Gasteiger partial charge in [-0.2, -0.15) is 0 Å². The van der Waals surface area contributed by atoms with Gasteiger partial charge in [-0.3, -0.25) is 14.6 Å². The summed E-state index contributed by atoms with van der Waals surface area (Å²) in [5, 5.41) is 5.57. The fraction of sp³-hybridized carbons (Fsp3) is 0.250. The van der Waals surface area contributed by atoms with E-state index in [-0.39, 0.29) is 24.4 Å². The van der Waals surface area contributed by atoms with E-state index in [0.29, 0.717) is 0 Å². The Bertz CT molecular complexity index is 699.